The Bertz CT molecular complexity index is 838. The summed E-state index contributed by atoms with van der Waals surface area (Å²) in [4.78, 5) is 7.30. The number of hydrogen-bond donors (Lipinski definition) is 0. The number of aromatic nitrogens is 5. The van der Waals surface area contributed by atoms with E-state index in [1.807, 2.05) is 40.8 Å². The van der Waals surface area contributed by atoms with Crippen LogP contribution in [0.3, 0.4) is 0 Å². The maximum atomic E-state index is 4.76. The van der Waals surface area contributed by atoms with E-state index in [0.717, 1.165) is 48.7 Å². The van der Waals surface area contributed by atoms with Gasteiger partial charge in [-0.2, -0.15) is 10.2 Å². The molecule has 24 heavy (non-hydrogen) atoms. The lowest BCUT2D eigenvalue weighted by Crippen LogP contribution is -2.38. The van der Waals surface area contributed by atoms with Gasteiger partial charge in [0.1, 0.15) is 0 Å². The summed E-state index contributed by atoms with van der Waals surface area (Å²) < 4.78 is 3.78. The van der Waals surface area contributed by atoms with Gasteiger partial charge in [0.25, 0.3) is 0 Å². The molecular weight excluding hydrogens is 300 g/mol. The number of piperidine rings is 1. The summed E-state index contributed by atoms with van der Waals surface area (Å²) in [6, 6.07) is 6.77. The summed E-state index contributed by atoms with van der Waals surface area (Å²) >= 11 is 0. The first kappa shape index (κ1) is 15.3. The standard InChI is InChI=1S/C18H24N6/c1-13(2)23-10-7-14(8-11-23)18-20-17-5-4-15(12-24(17)21-18)16-6-9-19-22(16)3/h4-6,9,12-14H,7-8,10-11H2,1-3H3. The predicted molar refractivity (Wildman–Crippen MR) is 93.9 cm³/mol. The van der Waals surface area contributed by atoms with Gasteiger partial charge in [-0.3, -0.25) is 4.68 Å². The van der Waals surface area contributed by atoms with Crippen molar-refractivity contribution >= 4 is 5.65 Å². The Hall–Kier alpha value is -2.21. The van der Waals surface area contributed by atoms with Crippen LogP contribution in [0.5, 0.6) is 0 Å². The molecule has 126 valence electrons. The summed E-state index contributed by atoms with van der Waals surface area (Å²) in [5, 5.41) is 9.00. The maximum Gasteiger partial charge on any atom is 0.155 e. The first-order valence-electron chi connectivity index (χ1n) is 8.70. The highest BCUT2D eigenvalue weighted by molar-refractivity contribution is 5.60. The number of nitrogens with zero attached hydrogens (tertiary/aromatic N) is 6. The van der Waals surface area contributed by atoms with Gasteiger partial charge in [-0.15, -0.1) is 0 Å². The second kappa shape index (κ2) is 6.02. The van der Waals surface area contributed by atoms with E-state index in [1.54, 1.807) is 0 Å². The molecule has 0 spiro atoms. The summed E-state index contributed by atoms with van der Waals surface area (Å²) in [6.45, 7) is 6.81. The van der Waals surface area contributed by atoms with Crippen LogP contribution in [0, 0.1) is 0 Å². The summed E-state index contributed by atoms with van der Waals surface area (Å²) in [6.07, 6.45) is 6.15. The molecule has 0 unspecified atom stereocenters. The third-order valence-electron chi connectivity index (χ3n) is 5.09. The monoisotopic (exact) mass is 324 g/mol. The van der Waals surface area contributed by atoms with E-state index in [9.17, 15) is 0 Å². The summed E-state index contributed by atoms with van der Waals surface area (Å²) in [5.41, 5.74) is 3.11. The van der Waals surface area contributed by atoms with Crippen LogP contribution < -0.4 is 0 Å². The summed E-state index contributed by atoms with van der Waals surface area (Å²) in [5.74, 6) is 1.46. The Kier molecular flexibility index (Phi) is 3.84. The Morgan fingerprint density at radius 2 is 1.92 bits per heavy atom. The molecule has 1 aliphatic heterocycles. The van der Waals surface area contributed by atoms with Crippen LogP contribution in [0.2, 0.25) is 0 Å². The highest BCUT2D eigenvalue weighted by Gasteiger charge is 2.25. The molecule has 3 aromatic heterocycles. The Labute approximate surface area is 142 Å². The van der Waals surface area contributed by atoms with Crippen molar-refractivity contribution in [3.8, 4) is 11.3 Å². The minimum absolute atomic E-state index is 0.472. The highest BCUT2D eigenvalue weighted by atomic mass is 15.3. The lowest BCUT2D eigenvalue weighted by molar-refractivity contribution is 0.169. The quantitative estimate of drug-likeness (QED) is 0.743. The molecule has 1 saturated heterocycles. The van der Waals surface area contributed by atoms with E-state index in [4.69, 9.17) is 10.1 Å². The molecule has 0 radical (unpaired) electrons. The zero-order valence-corrected chi connectivity index (χ0v) is 14.6. The largest absolute Gasteiger partial charge is 0.301 e. The molecule has 0 bridgehead atoms. The smallest absolute Gasteiger partial charge is 0.155 e. The molecule has 3 aromatic rings. The van der Waals surface area contributed by atoms with Gasteiger partial charge in [-0.25, -0.2) is 9.50 Å². The van der Waals surface area contributed by atoms with Crippen molar-refractivity contribution in [3.05, 3.63) is 36.4 Å². The van der Waals surface area contributed by atoms with E-state index in [2.05, 4.69) is 29.9 Å². The molecule has 4 heterocycles. The van der Waals surface area contributed by atoms with Crippen molar-refractivity contribution in [2.45, 2.75) is 38.6 Å². The van der Waals surface area contributed by atoms with Gasteiger partial charge in [-0.05, 0) is 58.0 Å². The Balaban J connectivity index is 1.59. The van der Waals surface area contributed by atoms with E-state index in [0.29, 0.717) is 12.0 Å². The van der Waals surface area contributed by atoms with Crippen molar-refractivity contribution in [1.29, 1.82) is 0 Å². The average molecular weight is 324 g/mol. The molecule has 0 N–H and O–H groups in total. The Morgan fingerprint density at radius 3 is 2.58 bits per heavy atom. The third kappa shape index (κ3) is 2.71. The molecule has 0 aliphatic carbocycles. The van der Waals surface area contributed by atoms with Crippen molar-refractivity contribution in [3.63, 3.8) is 0 Å². The van der Waals surface area contributed by atoms with Crippen molar-refractivity contribution < 1.29 is 0 Å². The molecule has 0 atom stereocenters. The highest BCUT2D eigenvalue weighted by Crippen LogP contribution is 2.27. The maximum absolute atomic E-state index is 4.76. The van der Waals surface area contributed by atoms with Crippen molar-refractivity contribution in [2.75, 3.05) is 13.1 Å². The van der Waals surface area contributed by atoms with Gasteiger partial charge in [0.15, 0.2) is 11.5 Å². The lowest BCUT2D eigenvalue weighted by Gasteiger charge is -2.33. The minimum atomic E-state index is 0.472. The lowest BCUT2D eigenvalue weighted by atomic mass is 9.95. The fourth-order valence-electron chi connectivity index (χ4n) is 3.56. The molecule has 1 aliphatic rings. The number of pyridine rings is 1. The predicted octanol–water partition coefficient (Wildman–Crippen LogP) is 2.72. The molecule has 6 heteroatoms. The van der Waals surface area contributed by atoms with Gasteiger partial charge >= 0.3 is 0 Å². The molecule has 1 fully saturated rings. The van der Waals surface area contributed by atoms with Gasteiger partial charge < -0.3 is 4.90 Å². The number of likely N-dealkylation sites (tertiary alicyclic amines) is 1. The number of rotatable bonds is 3. The number of aryl methyl sites for hydroxylation is 1. The Morgan fingerprint density at radius 1 is 1.12 bits per heavy atom. The fourth-order valence-corrected chi connectivity index (χ4v) is 3.56. The topological polar surface area (TPSA) is 51.2 Å². The van der Waals surface area contributed by atoms with Crippen molar-refractivity contribution in [1.82, 2.24) is 29.3 Å². The van der Waals surface area contributed by atoms with Gasteiger partial charge in [0.2, 0.25) is 0 Å². The number of hydrogen-bond acceptors (Lipinski definition) is 4. The average Bonchev–Trinajstić information content (AvgIpc) is 3.20. The molecule has 6 nitrogen and oxygen atoms in total. The van der Waals surface area contributed by atoms with Crippen LogP contribution in [0.4, 0.5) is 0 Å². The van der Waals surface area contributed by atoms with Gasteiger partial charge in [0, 0.05) is 37.0 Å². The van der Waals surface area contributed by atoms with Gasteiger partial charge in [0.05, 0.1) is 5.69 Å². The second-order valence-corrected chi connectivity index (χ2v) is 6.93. The molecule has 0 amide bonds. The van der Waals surface area contributed by atoms with E-state index in [-0.39, 0.29) is 0 Å². The van der Waals surface area contributed by atoms with E-state index < -0.39 is 0 Å². The minimum Gasteiger partial charge on any atom is -0.301 e. The molecule has 0 saturated carbocycles. The summed E-state index contributed by atoms with van der Waals surface area (Å²) in [7, 11) is 1.95. The first-order chi connectivity index (χ1) is 11.6. The zero-order chi connectivity index (χ0) is 16.7. The normalized spacial score (nSPS) is 17.2. The van der Waals surface area contributed by atoms with Crippen molar-refractivity contribution in [2.24, 2.45) is 7.05 Å². The van der Waals surface area contributed by atoms with Crippen LogP contribution >= 0.6 is 0 Å². The fraction of sp³-hybridized carbons (Fsp3) is 0.500. The molecular formula is C18H24N6. The van der Waals surface area contributed by atoms with Crippen LogP contribution in [0.15, 0.2) is 30.6 Å². The van der Waals surface area contributed by atoms with E-state index in [1.165, 1.54) is 0 Å². The van der Waals surface area contributed by atoms with Crippen LogP contribution in [-0.4, -0.2) is 48.4 Å². The van der Waals surface area contributed by atoms with Crippen LogP contribution in [0.1, 0.15) is 38.4 Å². The van der Waals surface area contributed by atoms with E-state index >= 15 is 0 Å². The molecule has 0 aromatic carbocycles. The first-order valence-corrected chi connectivity index (χ1v) is 8.70. The SMILES string of the molecule is CC(C)N1CCC(c2nc3ccc(-c4ccnn4C)cn3n2)CC1. The van der Waals surface area contributed by atoms with Crippen LogP contribution in [0.25, 0.3) is 16.9 Å². The third-order valence-corrected chi connectivity index (χ3v) is 5.09. The van der Waals surface area contributed by atoms with Gasteiger partial charge in [-0.1, -0.05) is 0 Å². The second-order valence-electron chi connectivity index (χ2n) is 6.93. The molecule has 4 rings (SSSR count). The van der Waals surface area contributed by atoms with Crippen LogP contribution in [-0.2, 0) is 7.05 Å². The zero-order valence-electron chi connectivity index (χ0n) is 14.6. The number of fused-ring (bicyclic) bond motifs is 1.